The van der Waals surface area contributed by atoms with Crippen molar-refractivity contribution in [1.29, 1.82) is 0 Å². The molecule has 1 aromatic heterocycles. The van der Waals surface area contributed by atoms with Crippen LogP contribution in [0.15, 0.2) is 36.5 Å². The van der Waals surface area contributed by atoms with E-state index in [4.69, 9.17) is 0 Å². The van der Waals surface area contributed by atoms with Gasteiger partial charge in [0.2, 0.25) is 0 Å². The number of aliphatic hydroxyl groups excluding tert-OH is 1. The first-order valence-electron chi connectivity index (χ1n) is 6.45. The minimum atomic E-state index is -0.862. The molecule has 5 heteroatoms. The Morgan fingerprint density at radius 1 is 1.30 bits per heavy atom. The van der Waals surface area contributed by atoms with Gasteiger partial charge in [0.25, 0.3) is 5.91 Å². The number of carbonyl (C=O) groups excluding carboxylic acids is 2. The molecular weight excluding hydrogens is 256 g/mol. The van der Waals surface area contributed by atoms with Gasteiger partial charge >= 0.3 is 0 Å². The van der Waals surface area contributed by atoms with Gasteiger partial charge in [0.1, 0.15) is 6.04 Å². The van der Waals surface area contributed by atoms with Crippen molar-refractivity contribution in [3.8, 4) is 0 Å². The van der Waals surface area contributed by atoms with Gasteiger partial charge in [0.15, 0.2) is 5.78 Å². The fourth-order valence-electron chi connectivity index (χ4n) is 2.00. The number of para-hydroxylation sites is 1. The van der Waals surface area contributed by atoms with E-state index in [1.165, 1.54) is 0 Å². The number of Topliss-reactive ketones (excluding diaryl/α,β-unsaturated/α-hetero) is 1. The standard InChI is InChI=1S/C15H16N2O3/c1-2-14(19)13(9-18)17-15(20)11-7-8-16-12-6-4-3-5-10(11)12/h3-8,13,18H,2,9H2,1H3,(H,17,20). The zero-order chi connectivity index (χ0) is 14.5. The van der Waals surface area contributed by atoms with Crippen LogP contribution in [0.5, 0.6) is 0 Å². The van der Waals surface area contributed by atoms with Gasteiger partial charge in [-0.05, 0) is 12.1 Å². The second kappa shape index (κ2) is 6.25. The van der Waals surface area contributed by atoms with E-state index < -0.39 is 12.6 Å². The van der Waals surface area contributed by atoms with Crippen LogP contribution in [0.4, 0.5) is 0 Å². The lowest BCUT2D eigenvalue weighted by atomic mass is 10.1. The van der Waals surface area contributed by atoms with Crippen molar-refractivity contribution in [1.82, 2.24) is 10.3 Å². The van der Waals surface area contributed by atoms with Crippen LogP contribution in [-0.2, 0) is 4.79 Å². The normalized spacial score (nSPS) is 12.1. The molecule has 1 unspecified atom stereocenters. The van der Waals surface area contributed by atoms with Crippen LogP contribution in [0.25, 0.3) is 10.9 Å². The first-order chi connectivity index (χ1) is 9.67. The third-order valence-corrected chi connectivity index (χ3v) is 3.12. The Morgan fingerprint density at radius 2 is 2.05 bits per heavy atom. The van der Waals surface area contributed by atoms with Crippen LogP contribution in [0.1, 0.15) is 23.7 Å². The molecule has 1 aromatic carbocycles. The molecule has 0 saturated heterocycles. The summed E-state index contributed by atoms with van der Waals surface area (Å²) >= 11 is 0. The molecule has 2 N–H and O–H groups in total. The van der Waals surface area contributed by atoms with E-state index in [0.717, 1.165) is 0 Å². The van der Waals surface area contributed by atoms with E-state index in [0.29, 0.717) is 16.5 Å². The summed E-state index contributed by atoms with van der Waals surface area (Å²) in [6.45, 7) is 1.29. The van der Waals surface area contributed by atoms with Crippen molar-refractivity contribution in [2.45, 2.75) is 19.4 Å². The largest absolute Gasteiger partial charge is 0.394 e. The minimum absolute atomic E-state index is 0.195. The number of aliphatic hydroxyl groups is 1. The number of rotatable bonds is 5. The third kappa shape index (κ3) is 2.83. The molecule has 1 heterocycles. The van der Waals surface area contributed by atoms with Gasteiger partial charge in [-0.25, -0.2) is 0 Å². The van der Waals surface area contributed by atoms with Crippen LogP contribution >= 0.6 is 0 Å². The SMILES string of the molecule is CCC(=O)C(CO)NC(=O)c1ccnc2ccccc12. The number of aromatic nitrogens is 1. The summed E-state index contributed by atoms with van der Waals surface area (Å²) < 4.78 is 0. The van der Waals surface area contributed by atoms with Gasteiger partial charge in [-0.2, -0.15) is 0 Å². The molecule has 20 heavy (non-hydrogen) atoms. The highest BCUT2D eigenvalue weighted by atomic mass is 16.3. The fourth-order valence-corrected chi connectivity index (χ4v) is 2.00. The Morgan fingerprint density at radius 3 is 2.75 bits per heavy atom. The van der Waals surface area contributed by atoms with Gasteiger partial charge in [0, 0.05) is 18.0 Å². The molecule has 1 amide bonds. The lowest BCUT2D eigenvalue weighted by Crippen LogP contribution is -2.43. The van der Waals surface area contributed by atoms with Gasteiger partial charge in [-0.1, -0.05) is 25.1 Å². The van der Waals surface area contributed by atoms with E-state index in [2.05, 4.69) is 10.3 Å². The molecule has 104 valence electrons. The quantitative estimate of drug-likeness (QED) is 0.860. The number of ketones is 1. The highest BCUT2D eigenvalue weighted by Crippen LogP contribution is 2.16. The number of hydrogen-bond donors (Lipinski definition) is 2. The number of fused-ring (bicyclic) bond motifs is 1. The second-order valence-corrected chi connectivity index (χ2v) is 4.40. The Hall–Kier alpha value is -2.27. The summed E-state index contributed by atoms with van der Waals surface area (Å²) in [6, 6.07) is 8.01. The van der Waals surface area contributed by atoms with Crippen molar-refractivity contribution in [3.05, 3.63) is 42.1 Å². The first kappa shape index (κ1) is 14.1. The first-order valence-corrected chi connectivity index (χ1v) is 6.45. The number of nitrogens with one attached hydrogen (secondary N) is 1. The van der Waals surface area contributed by atoms with Crippen molar-refractivity contribution in [2.24, 2.45) is 0 Å². The van der Waals surface area contributed by atoms with Crippen molar-refractivity contribution in [2.75, 3.05) is 6.61 Å². The van der Waals surface area contributed by atoms with Crippen molar-refractivity contribution in [3.63, 3.8) is 0 Å². The van der Waals surface area contributed by atoms with Gasteiger partial charge in [-0.3, -0.25) is 14.6 Å². The Kier molecular flexibility index (Phi) is 4.42. The predicted octanol–water partition coefficient (Wildman–Crippen LogP) is 1.30. The monoisotopic (exact) mass is 272 g/mol. The summed E-state index contributed by atoms with van der Waals surface area (Å²) in [6.07, 6.45) is 1.81. The molecule has 0 saturated carbocycles. The number of hydrogen-bond acceptors (Lipinski definition) is 4. The lowest BCUT2D eigenvalue weighted by molar-refractivity contribution is -0.121. The van der Waals surface area contributed by atoms with Gasteiger partial charge in [0.05, 0.1) is 17.7 Å². The summed E-state index contributed by atoms with van der Waals surface area (Å²) in [7, 11) is 0. The Balaban J connectivity index is 2.30. The number of carbonyl (C=O) groups is 2. The van der Waals surface area contributed by atoms with Gasteiger partial charge in [-0.15, -0.1) is 0 Å². The average Bonchev–Trinajstić information content (AvgIpc) is 2.51. The predicted molar refractivity (Wildman–Crippen MR) is 75.4 cm³/mol. The second-order valence-electron chi connectivity index (χ2n) is 4.40. The molecule has 0 aliphatic heterocycles. The van der Waals surface area contributed by atoms with E-state index in [-0.39, 0.29) is 18.1 Å². The van der Waals surface area contributed by atoms with Crippen LogP contribution in [0, 0.1) is 0 Å². The van der Waals surface area contributed by atoms with Gasteiger partial charge < -0.3 is 10.4 Å². The zero-order valence-corrected chi connectivity index (χ0v) is 11.2. The molecule has 0 aliphatic rings. The Bertz CT molecular complexity index is 635. The number of nitrogens with zero attached hydrogens (tertiary/aromatic N) is 1. The highest BCUT2D eigenvalue weighted by molar-refractivity contribution is 6.07. The fraction of sp³-hybridized carbons (Fsp3) is 0.267. The molecule has 2 rings (SSSR count). The molecule has 2 aromatic rings. The third-order valence-electron chi connectivity index (χ3n) is 3.12. The zero-order valence-electron chi connectivity index (χ0n) is 11.2. The molecule has 0 aliphatic carbocycles. The molecule has 0 fully saturated rings. The highest BCUT2D eigenvalue weighted by Gasteiger charge is 2.20. The van der Waals surface area contributed by atoms with E-state index in [1.807, 2.05) is 18.2 Å². The van der Waals surface area contributed by atoms with Crippen LogP contribution in [0.2, 0.25) is 0 Å². The van der Waals surface area contributed by atoms with Crippen LogP contribution in [0.3, 0.4) is 0 Å². The lowest BCUT2D eigenvalue weighted by Gasteiger charge is -2.15. The molecule has 0 radical (unpaired) electrons. The average molecular weight is 272 g/mol. The van der Waals surface area contributed by atoms with Crippen molar-refractivity contribution >= 4 is 22.6 Å². The van der Waals surface area contributed by atoms with Crippen LogP contribution < -0.4 is 5.32 Å². The summed E-state index contributed by atoms with van der Waals surface area (Å²) in [4.78, 5) is 28.0. The molecular formula is C15H16N2O3. The maximum absolute atomic E-state index is 12.2. The number of benzene rings is 1. The molecule has 5 nitrogen and oxygen atoms in total. The smallest absolute Gasteiger partial charge is 0.252 e. The molecule has 0 bridgehead atoms. The maximum atomic E-state index is 12.2. The topological polar surface area (TPSA) is 79.3 Å². The minimum Gasteiger partial charge on any atom is -0.394 e. The van der Waals surface area contributed by atoms with Crippen LogP contribution in [-0.4, -0.2) is 34.4 Å². The maximum Gasteiger partial charge on any atom is 0.252 e. The molecule has 1 atom stereocenters. The summed E-state index contributed by atoms with van der Waals surface area (Å²) in [5, 5.41) is 12.5. The molecule has 0 spiro atoms. The number of pyridine rings is 1. The van der Waals surface area contributed by atoms with Crippen molar-refractivity contribution < 1.29 is 14.7 Å². The number of amides is 1. The summed E-state index contributed by atoms with van der Waals surface area (Å²) in [5.41, 5.74) is 1.15. The Labute approximate surface area is 116 Å². The van der Waals surface area contributed by atoms with E-state index in [1.54, 1.807) is 25.3 Å². The summed E-state index contributed by atoms with van der Waals surface area (Å²) in [5.74, 6) is -0.580. The van der Waals surface area contributed by atoms with E-state index in [9.17, 15) is 14.7 Å². The van der Waals surface area contributed by atoms with E-state index >= 15 is 0 Å².